The third-order valence-electron chi connectivity index (χ3n) is 1.92. The Hall–Kier alpha value is -0.980. The molecule has 1 aromatic heterocycles. The predicted molar refractivity (Wildman–Crippen MR) is 53.6 cm³/mol. The second-order valence-corrected chi connectivity index (χ2v) is 3.70. The summed E-state index contributed by atoms with van der Waals surface area (Å²) in [4.78, 5) is 0. The maximum absolute atomic E-state index is 9.55. The van der Waals surface area contributed by atoms with Gasteiger partial charge in [0.1, 0.15) is 5.52 Å². The number of aromatic amines is 1. The van der Waals surface area contributed by atoms with Crippen LogP contribution < -0.4 is 0 Å². The van der Waals surface area contributed by atoms with E-state index in [-0.39, 0.29) is 0 Å². The molecule has 2 N–H and O–H groups in total. The zero-order chi connectivity index (χ0) is 10.1. The molecule has 6 heteroatoms. The molecular weight excluding hydrogens is 250 g/mol. The highest BCUT2D eigenvalue weighted by Crippen LogP contribution is 2.26. The van der Waals surface area contributed by atoms with Gasteiger partial charge >= 0.3 is 0 Å². The predicted octanol–water partition coefficient (Wildman–Crippen LogP) is 1.36. The molecule has 0 aliphatic rings. The molecule has 0 aliphatic heterocycles. The fraction of sp³-hybridized carbons (Fsp3) is 0.250. The first kappa shape index (κ1) is 9.57. The number of fused-ring (bicyclic) bond motifs is 1. The van der Waals surface area contributed by atoms with E-state index in [0.717, 1.165) is 4.47 Å². The Bertz CT molecular complexity index is 457. The fourth-order valence-electron chi connectivity index (χ4n) is 1.26. The minimum Gasteiger partial charge on any atom is -0.364 e. The van der Waals surface area contributed by atoms with Crippen LogP contribution in [0, 0.1) is 0 Å². The number of nitrogens with zero attached hydrogens (tertiary/aromatic N) is 2. The molecule has 0 fully saturated rings. The zero-order valence-electron chi connectivity index (χ0n) is 7.36. The van der Waals surface area contributed by atoms with E-state index in [4.69, 9.17) is 4.74 Å². The van der Waals surface area contributed by atoms with Crippen LogP contribution in [0.25, 0.3) is 11.0 Å². The molecule has 1 atom stereocenters. The maximum atomic E-state index is 9.55. The molecule has 5 nitrogen and oxygen atoms in total. The number of aliphatic hydroxyl groups is 1. The number of benzene rings is 1. The Morgan fingerprint density at radius 3 is 3.07 bits per heavy atom. The van der Waals surface area contributed by atoms with Crippen LogP contribution in [0.3, 0.4) is 0 Å². The molecule has 0 aliphatic carbocycles. The second-order valence-electron chi connectivity index (χ2n) is 2.79. The van der Waals surface area contributed by atoms with E-state index in [9.17, 15) is 5.11 Å². The summed E-state index contributed by atoms with van der Waals surface area (Å²) in [5, 5.41) is 19.8. The van der Waals surface area contributed by atoms with Gasteiger partial charge in [0, 0.05) is 17.1 Å². The normalized spacial score (nSPS) is 13.4. The molecule has 2 rings (SSSR count). The first-order chi connectivity index (χ1) is 6.72. The van der Waals surface area contributed by atoms with Gasteiger partial charge in [-0.3, -0.25) is 5.10 Å². The maximum Gasteiger partial charge on any atom is 0.183 e. The molecule has 2 aromatic rings. The van der Waals surface area contributed by atoms with Crippen molar-refractivity contribution in [2.24, 2.45) is 0 Å². The van der Waals surface area contributed by atoms with Crippen LogP contribution in [0.15, 0.2) is 16.6 Å². The van der Waals surface area contributed by atoms with Gasteiger partial charge in [-0.2, -0.15) is 0 Å². The van der Waals surface area contributed by atoms with Crippen LogP contribution in [-0.2, 0) is 4.74 Å². The first-order valence-corrected chi connectivity index (χ1v) is 4.72. The lowest BCUT2D eigenvalue weighted by atomic mass is 10.2. The Kier molecular flexibility index (Phi) is 2.49. The number of H-pyrrole nitrogens is 1. The number of ether oxygens (including phenoxy) is 1. The lowest BCUT2D eigenvalue weighted by Gasteiger charge is -2.09. The molecular formula is C8H8BrN3O2. The lowest BCUT2D eigenvalue weighted by molar-refractivity contribution is -0.0760. The van der Waals surface area contributed by atoms with E-state index < -0.39 is 6.29 Å². The van der Waals surface area contributed by atoms with Gasteiger partial charge in [-0.05, 0) is 12.1 Å². The average molecular weight is 258 g/mol. The highest BCUT2D eigenvalue weighted by Gasteiger charge is 2.13. The van der Waals surface area contributed by atoms with Crippen molar-refractivity contribution in [1.82, 2.24) is 15.4 Å². The monoisotopic (exact) mass is 257 g/mol. The highest BCUT2D eigenvalue weighted by molar-refractivity contribution is 9.10. The molecule has 0 saturated carbocycles. The standard InChI is InChI=1S/C8H8BrN3O2/c1-14-8(13)5-2-4(9)3-6-7(5)11-12-10-6/h2-3,8,13H,1H3,(H,10,11,12). The summed E-state index contributed by atoms with van der Waals surface area (Å²) < 4.78 is 5.65. The molecule has 1 aromatic carbocycles. The third-order valence-corrected chi connectivity index (χ3v) is 2.38. The van der Waals surface area contributed by atoms with Gasteiger partial charge in [-0.15, -0.1) is 5.10 Å². The number of hydrogen-bond acceptors (Lipinski definition) is 4. The van der Waals surface area contributed by atoms with Gasteiger partial charge in [0.2, 0.25) is 0 Å². The van der Waals surface area contributed by atoms with Crippen molar-refractivity contribution in [2.45, 2.75) is 6.29 Å². The molecule has 0 amide bonds. The van der Waals surface area contributed by atoms with Crippen molar-refractivity contribution < 1.29 is 9.84 Å². The molecule has 0 bridgehead atoms. The highest BCUT2D eigenvalue weighted by atomic mass is 79.9. The lowest BCUT2D eigenvalue weighted by Crippen LogP contribution is -2.00. The second kappa shape index (κ2) is 3.64. The van der Waals surface area contributed by atoms with Crippen LogP contribution in [0.5, 0.6) is 0 Å². The van der Waals surface area contributed by atoms with Crippen LogP contribution >= 0.6 is 15.9 Å². The van der Waals surface area contributed by atoms with Crippen molar-refractivity contribution >= 4 is 27.0 Å². The van der Waals surface area contributed by atoms with Crippen LogP contribution in [0.2, 0.25) is 0 Å². The molecule has 1 unspecified atom stereocenters. The molecule has 0 radical (unpaired) electrons. The van der Waals surface area contributed by atoms with Crippen molar-refractivity contribution in [3.8, 4) is 0 Å². The Morgan fingerprint density at radius 1 is 1.57 bits per heavy atom. The summed E-state index contributed by atoms with van der Waals surface area (Å²) in [6, 6.07) is 3.57. The van der Waals surface area contributed by atoms with Crippen molar-refractivity contribution in [3.05, 3.63) is 22.2 Å². The number of aromatic nitrogens is 3. The average Bonchev–Trinajstić information content (AvgIpc) is 2.62. The number of hydrogen-bond donors (Lipinski definition) is 2. The molecule has 0 spiro atoms. The van der Waals surface area contributed by atoms with Crippen molar-refractivity contribution in [2.75, 3.05) is 7.11 Å². The Labute approximate surface area is 88.2 Å². The van der Waals surface area contributed by atoms with Crippen molar-refractivity contribution in [1.29, 1.82) is 0 Å². The van der Waals surface area contributed by atoms with E-state index in [1.807, 2.05) is 6.07 Å². The van der Waals surface area contributed by atoms with Crippen LogP contribution in [0.1, 0.15) is 11.9 Å². The summed E-state index contributed by atoms with van der Waals surface area (Å²) in [5.74, 6) is 0. The quantitative estimate of drug-likeness (QED) is 0.798. The number of halogens is 1. The number of aliphatic hydroxyl groups excluding tert-OH is 1. The van der Waals surface area contributed by atoms with E-state index in [1.54, 1.807) is 6.07 Å². The van der Waals surface area contributed by atoms with Crippen molar-refractivity contribution in [3.63, 3.8) is 0 Å². The molecule has 14 heavy (non-hydrogen) atoms. The molecule has 1 heterocycles. The van der Waals surface area contributed by atoms with Gasteiger partial charge in [0.05, 0.1) is 5.52 Å². The van der Waals surface area contributed by atoms with E-state index in [1.165, 1.54) is 7.11 Å². The van der Waals surface area contributed by atoms with Gasteiger partial charge < -0.3 is 9.84 Å². The van der Waals surface area contributed by atoms with Gasteiger partial charge in [-0.1, -0.05) is 21.1 Å². The summed E-state index contributed by atoms with van der Waals surface area (Å²) in [6.45, 7) is 0. The number of methoxy groups -OCH3 is 1. The van der Waals surface area contributed by atoms with E-state index >= 15 is 0 Å². The summed E-state index contributed by atoms with van der Waals surface area (Å²) >= 11 is 3.32. The minimum absolute atomic E-state index is 0.613. The SMILES string of the molecule is COC(O)c1cc(Br)cc2nn[nH]c12. The molecule has 74 valence electrons. The summed E-state index contributed by atoms with van der Waals surface area (Å²) in [5.41, 5.74) is 1.98. The number of nitrogens with one attached hydrogen (secondary N) is 1. The topological polar surface area (TPSA) is 71.0 Å². The van der Waals surface area contributed by atoms with Gasteiger partial charge in [-0.25, -0.2) is 0 Å². The van der Waals surface area contributed by atoms with Crippen LogP contribution in [-0.4, -0.2) is 27.6 Å². The van der Waals surface area contributed by atoms with Crippen LogP contribution in [0.4, 0.5) is 0 Å². The first-order valence-electron chi connectivity index (χ1n) is 3.93. The Balaban J connectivity index is 2.66. The van der Waals surface area contributed by atoms with E-state index in [0.29, 0.717) is 16.6 Å². The largest absolute Gasteiger partial charge is 0.364 e. The Morgan fingerprint density at radius 2 is 2.36 bits per heavy atom. The van der Waals surface area contributed by atoms with Gasteiger partial charge in [0.15, 0.2) is 6.29 Å². The summed E-state index contributed by atoms with van der Waals surface area (Å²) in [6.07, 6.45) is -0.975. The number of rotatable bonds is 2. The molecule has 0 saturated heterocycles. The van der Waals surface area contributed by atoms with Gasteiger partial charge in [0.25, 0.3) is 0 Å². The zero-order valence-corrected chi connectivity index (χ0v) is 8.95. The fourth-order valence-corrected chi connectivity index (χ4v) is 1.73. The summed E-state index contributed by atoms with van der Waals surface area (Å²) in [7, 11) is 1.43. The smallest absolute Gasteiger partial charge is 0.183 e. The van der Waals surface area contributed by atoms with E-state index in [2.05, 4.69) is 31.3 Å². The third kappa shape index (κ3) is 1.52. The minimum atomic E-state index is -0.975.